The zero-order valence-corrected chi connectivity index (χ0v) is 7.06. The van der Waals surface area contributed by atoms with E-state index < -0.39 is 12.8 Å². The normalized spacial score (nSPS) is 12.0. The lowest BCUT2D eigenvalue weighted by Crippen LogP contribution is -1.93. The summed E-state index contributed by atoms with van der Waals surface area (Å²) < 4.78 is 9.87. The molecule has 0 saturated carbocycles. The van der Waals surface area contributed by atoms with Crippen molar-refractivity contribution in [2.75, 3.05) is 5.09 Å². The molecule has 0 saturated heterocycles. The van der Waals surface area contributed by atoms with Crippen LogP contribution in [0.25, 0.3) is 0 Å². The van der Waals surface area contributed by atoms with E-state index in [1.165, 1.54) is 0 Å². The molecule has 0 amide bonds. The van der Waals surface area contributed by atoms with Crippen LogP contribution in [0.5, 0.6) is 0 Å². The van der Waals surface area contributed by atoms with Crippen molar-refractivity contribution in [2.45, 2.75) is 0 Å². The molecule has 64 valence electrons. The second-order valence-electron chi connectivity index (χ2n) is 2.05. The van der Waals surface area contributed by atoms with Crippen molar-refractivity contribution in [3.63, 3.8) is 0 Å². The Balaban J connectivity index is 2.65. The quantitative estimate of drug-likeness (QED) is 0.443. The number of hydrogen-bond donors (Lipinski definition) is 1. The molecule has 1 unspecified atom stereocenters. The Morgan fingerprint density at radius 2 is 1.92 bits per heavy atom. The number of benzene rings is 1. The van der Waals surface area contributed by atoms with Gasteiger partial charge in [0.2, 0.25) is 0 Å². The van der Waals surface area contributed by atoms with Gasteiger partial charge in [0, 0.05) is 5.69 Å². The highest BCUT2D eigenvalue weighted by Gasteiger charge is 2.08. The minimum absolute atomic E-state index is 0.498. The monoisotopic (exact) mass is 186 g/mol. The van der Waals surface area contributed by atoms with Crippen LogP contribution < -0.4 is 5.09 Å². The van der Waals surface area contributed by atoms with Crippen LogP contribution in [0.1, 0.15) is 0 Å². The van der Waals surface area contributed by atoms with E-state index >= 15 is 0 Å². The van der Waals surface area contributed by atoms with Crippen LogP contribution in [0.15, 0.2) is 30.3 Å². The van der Waals surface area contributed by atoms with Gasteiger partial charge in [-0.2, -0.15) is 0 Å². The number of anilines is 1. The number of nitrogens with one attached hydrogen (secondary N) is 1. The summed E-state index contributed by atoms with van der Waals surface area (Å²) in [5.41, 5.74) is 0.498. The van der Waals surface area contributed by atoms with Crippen molar-refractivity contribution in [3.05, 3.63) is 40.4 Å². The van der Waals surface area contributed by atoms with Gasteiger partial charge in [-0.15, -0.1) is 0 Å². The predicted molar refractivity (Wildman–Crippen MR) is 46.1 cm³/mol. The minimum Gasteiger partial charge on any atom is -0.283 e. The van der Waals surface area contributed by atoms with Crippen LogP contribution >= 0.6 is 8.10 Å². The van der Waals surface area contributed by atoms with Gasteiger partial charge >= 0.3 is 8.10 Å². The molecule has 0 aromatic heterocycles. The topological polar surface area (TPSA) is 72.2 Å². The maximum atomic E-state index is 10.7. The van der Waals surface area contributed by atoms with E-state index in [1.807, 2.05) is 0 Å². The molecule has 1 aromatic carbocycles. The van der Waals surface area contributed by atoms with Gasteiger partial charge in [-0.25, -0.2) is 4.57 Å². The van der Waals surface area contributed by atoms with Gasteiger partial charge < -0.3 is 0 Å². The highest BCUT2D eigenvalue weighted by atomic mass is 31.1. The Morgan fingerprint density at radius 3 is 2.42 bits per heavy atom. The Hall–Kier alpha value is -1.35. The van der Waals surface area contributed by atoms with Crippen molar-refractivity contribution in [3.8, 4) is 0 Å². The summed E-state index contributed by atoms with van der Waals surface area (Å²) in [6, 6.07) is 8.42. The summed E-state index contributed by atoms with van der Waals surface area (Å²) >= 11 is 0. The lowest BCUT2D eigenvalue weighted by molar-refractivity contribution is -0.304. The minimum atomic E-state index is -2.94. The molecule has 1 N–H and O–H groups in total. The highest BCUT2D eigenvalue weighted by molar-refractivity contribution is 7.39. The largest absolute Gasteiger partial charge is 0.458 e. The van der Waals surface area contributed by atoms with E-state index in [9.17, 15) is 14.7 Å². The molecule has 0 bridgehead atoms. The molecular weight excluding hydrogens is 179 g/mol. The fourth-order valence-electron chi connectivity index (χ4n) is 0.691. The number of nitro groups is 1. The average Bonchev–Trinajstić information content (AvgIpc) is 2.06. The number of rotatable bonds is 3. The van der Waals surface area contributed by atoms with Crippen molar-refractivity contribution >= 4 is 13.8 Å². The molecule has 0 fully saturated rings. The first-order chi connectivity index (χ1) is 5.70. The first-order valence-electron chi connectivity index (χ1n) is 3.20. The second kappa shape index (κ2) is 3.88. The average molecular weight is 186 g/mol. The fourth-order valence-corrected chi connectivity index (χ4v) is 1.20. The van der Waals surface area contributed by atoms with Gasteiger partial charge in [0.15, 0.2) is 0 Å². The van der Waals surface area contributed by atoms with Crippen molar-refractivity contribution in [1.82, 2.24) is 0 Å². The Labute approximate surface area is 69.5 Å². The maximum Gasteiger partial charge on any atom is 0.458 e. The third kappa shape index (κ3) is 2.36. The summed E-state index contributed by atoms with van der Waals surface area (Å²) in [6.45, 7) is 0. The smallest absolute Gasteiger partial charge is 0.283 e. The standard InChI is InChI=1S/C6H7N2O3P/c9-8(10)12(11)7-6-4-2-1-3-5-6/h1-5,12H,(H,7,11). The molecular formula is C6H7N2O3P. The van der Waals surface area contributed by atoms with Crippen LogP contribution in [0, 0.1) is 10.1 Å². The van der Waals surface area contributed by atoms with Gasteiger partial charge in [0.1, 0.15) is 0 Å². The zero-order chi connectivity index (χ0) is 8.97. The second-order valence-corrected chi connectivity index (χ2v) is 3.28. The molecule has 0 spiro atoms. The molecule has 0 aliphatic rings. The van der Waals surface area contributed by atoms with E-state index in [4.69, 9.17) is 0 Å². The molecule has 12 heavy (non-hydrogen) atoms. The lowest BCUT2D eigenvalue weighted by Gasteiger charge is -1.98. The van der Waals surface area contributed by atoms with Crippen LogP contribution in [-0.2, 0) is 4.57 Å². The van der Waals surface area contributed by atoms with E-state index in [2.05, 4.69) is 5.09 Å². The number of para-hydroxylation sites is 1. The zero-order valence-electron chi connectivity index (χ0n) is 6.06. The summed E-state index contributed by atoms with van der Waals surface area (Å²) in [6.07, 6.45) is 0. The summed E-state index contributed by atoms with van der Waals surface area (Å²) in [7, 11) is -2.94. The van der Waals surface area contributed by atoms with Gasteiger partial charge in [0.05, 0.1) is 4.69 Å². The lowest BCUT2D eigenvalue weighted by atomic mass is 10.3. The maximum absolute atomic E-state index is 10.7. The van der Waals surface area contributed by atoms with E-state index in [1.54, 1.807) is 30.3 Å². The first kappa shape index (κ1) is 8.74. The van der Waals surface area contributed by atoms with Crippen molar-refractivity contribution < 1.29 is 9.26 Å². The number of hydrogen-bond acceptors (Lipinski definition) is 3. The van der Waals surface area contributed by atoms with Crippen LogP contribution in [0.2, 0.25) is 0 Å². The number of nitrogens with zero attached hydrogens (tertiary/aromatic N) is 1. The van der Waals surface area contributed by atoms with Crippen molar-refractivity contribution in [1.29, 1.82) is 0 Å². The molecule has 1 atom stereocenters. The van der Waals surface area contributed by atoms with Crippen molar-refractivity contribution in [2.24, 2.45) is 0 Å². The van der Waals surface area contributed by atoms with E-state index in [0.29, 0.717) is 5.69 Å². The molecule has 1 rings (SSSR count). The van der Waals surface area contributed by atoms with Crippen LogP contribution in [0.4, 0.5) is 5.69 Å². The van der Waals surface area contributed by atoms with Gasteiger partial charge in [0.25, 0.3) is 0 Å². The Kier molecular flexibility index (Phi) is 2.82. The Bertz CT molecular complexity index is 301. The molecule has 1 aromatic rings. The molecule has 0 radical (unpaired) electrons. The molecule has 6 heteroatoms. The first-order valence-corrected chi connectivity index (χ1v) is 4.56. The van der Waals surface area contributed by atoms with Gasteiger partial charge in [-0.1, -0.05) is 18.2 Å². The van der Waals surface area contributed by atoms with E-state index in [-0.39, 0.29) is 0 Å². The third-order valence-corrected chi connectivity index (χ3v) is 2.03. The molecule has 0 heterocycles. The predicted octanol–water partition coefficient (Wildman–Crippen LogP) is 1.76. The summed E-state index contributed by atoms with van der Waals surface area (Å²) in [5, 5.41) is 12.3. The fraction of sp³-hybridized carbons (Fsp3) is 0. The highest BCUT2D eigenvalue weighted by Crippen LogP contribution is 2.22. The molecule has 0 aliphatic heterocycles. The van der Waals surface area contributed by atoms with Crippen LogP contribution in [-0.4, -0.2) is 4.69 Å². The summed E-state index contributed by atoms with van der Waals surface area (Å²) in [5.74, 6) is 0. The third-order valence-electron chi connectivity index (χ3n) is 1.19. The van der Waals surface area contributed by atoms with Gasteiger partial charge in [-0.3, -0.25) is 15.2 Å². The summed E-state index contributed by atoms with van der Waals surface area (Å²) in [4.78, 5) is 9.98. The Morgan fingerprint density at radius 1 is 1.33 bits per heavy atom. The van der Waals surface area contributed by atoms with Crippen LogP contribution in [0.3, 0.4) is 0 Å². The molecule has 0 aliphatic carbocycles. The molecule has 5 nitrogen and oxygen atoms in total. The SMILES string of the molecule is O=[N+]([O-])[PH](=O)Nc1ccccc1. The van der Waals surface area contributed by atoms with E-state index in [0.717, 1.165) is 0 Å². The van der Waals surface area contributed by atoms with Gasteiger partial charge in [-0.05, 0) is 12.1 Å².